The van der Waals surface area contributed by atoms with E-state index in [0.29, 0.717) is 13.1 Å². The van der Waals surface area contributed by atoms with Crippen LogP contribution in [0.2, 0.25) is 0 Å². The van der Waals surface area contributed by atoms with Crippen molar-refractivity contribution in [1.82, 2.24) is 20.2 Å². The van der Waals surface area contributed by atoms with Gasteiger partial charge in [-0.15, -0.1) is 5.10 Å². The Morgan fingerprint density at radius 3 is 2.41 bits per heavy atom. The molecule has 1 N–H and O–H groups in total. The predicted octanol–water partition coefficient (Wildman–Crippen LogP) is 3.33. The molecular weight excluding hydrogens is 400 g/mol. The van der Waals surface area contributed by atoms with Crippen molar-refractivity contribution in [1.29, 1.82) is 0 Å². The number of rotatable bonds is 5. The van der Waals surface area contributed by atoms with Crippen LogP contribution in [0.5, 0.6) is 0 Å². The van der Waals surface area contributed by atoms with Gasteiger partial charge in [-0.25, -0.2) is 4.98 Å². The lowest BCUT2D eigenvalue weighted by Crippen LogP contribution is -2.64. The van der Waals surface area contributed by atoms with Crippen LogP contribution < -0.4 is 9.80 Å². The second kappa shape index (κ2) is 8.82. The van der Waals surface area contributed by atoms with Gasteiger partial charge in [0.25, 0.3) is 0 Å². The fourth-order valence-corrected chi connectivity index (χ4v) is 4.44. The fourth-order valence-electron chi connectivity index (χ4n) is 4.44. The lowest BCUT2D eigenvalue weighted by atomic mass is 9.92. The molecule has 1 fully saturated rings. The summed E-state index contributed by atoms with van der Waals surface area (Å²) in [6, 6.07) is 10.3. The Balaban J connectivity index is 1.66. The minimum atomic E-state index is -0.939. The second-order valence-electron chi connectivity index (χ2n) is 9.27. The Kier molecular flexibility index (Phi) is 6.11. The van der Waals surface area contributed by atoms with Gasteiger partial charge in [-0.3, -0.25) is 4.98 Å². The average Bonchev–Trinajstić information content (AvgIpc) is 2.77. The lowest BCUT2D eigenvalue weighted by molar-refractivity contribution is 0.0453. The number of nitrogens with zero attached hydrogens (tertiary/aromatic N) is 6. The molecule has 1 aromatic carbocycles. The van der Waals surface area contributed by atoms with Crippen LogP contribution in [0.4, 0.5) is 11.6 Å². The summed E-state index contributed by atoms with van der Waals surface area (Å²) in [6.07, 6.45) is 5.92. The normalized spacial score (nSPS) is 19.3. The maximum atomic E-state index is 11.1. The monoisotopic (exact) mass is 432 g/mol. The van der Waals surface area contributed by atoms with E-state index < -0.39 is 5.60 Å². The van der Waals surface area contributed by atoms with Crippen LogP contribution >= 0.6 is 0 Å². The third-order valence-corrected chi connectivity index (χ3v) is 6.48. The van der Waals surface area contributed by atoms with Gasteiger partial charge in [0, 0.05) is 37.9 Å². The molecule has 0 bridgehead atoms. The smallest absolute Gasteiger partial charge is 0.154 e. The molecule has 4 rings (SSSR count). The van der Waals surface area contributed by atoms with Gasteiger partial charge in [-0.1, -0.05) is 30.3 Å². The molecule has 32 heavy (non-hydrogen) atoms. The summed E-state index contributed by atoms with van der Waals surface area (Å²) in [6.45, 7) is 11.4. The number of aliphatic hydroxyl groups is 1. The van der Waals surface area contributed by atoms with E-state index in [0.717, 1.165) is 34.9 Å². The number of piperazine rings is 1. The number of benzene rings is 1. The Labute approximate surface area is 190 Å². The molecule has 0 amide bonds. The van der Waals surface area contributed by atoms with Gasteiger partial charge in [-0.2, -0.15) is 5.10 Å². The van der Waals surface area contributed by atoms with Gasteiger partial charge < -0.3 is 14.9 Å². The van der Waals surface area contributed by atoms with Gasteiger partial charge in [-0.05, 0) is 51.3 Å². The van der Waals surface area contributed by atoms with Gasteiger partial charge in [0.2, 0.25) is 0 Å². The quantitative estimate of drug-likeness (QED) is 0.662. The molecule has 7 nitrogen and oxygen atoms in total. The van der Waals surface area contributed by atoms with E-state index >= 15 is 0 Å². The van der Waals surface area contributed by atoms with E-state index in [9.17, 15) is 5.11 Å². The summed E-state index contributed by atoms with van der Waals surface area (Å²) in [4.78, 5) is 13.1. The van der Waals surface area contributed by atoms with E-state index in [-0.39, 0.29) is 12.1 Å². The molecule has 0 unspecified atom stereocenters. The Morgan fingerprint density at radius 2 is 1.75 bits per heavy atom. The molecule has 0 spiro atoms. The summed E-state index contributed by atoms with van der Waals surface area (Å²) in [7, 11) is 0. The molecule has 1 saturated heterocycles. The average molecular weight is 433 g/mol. The van der Waals surface area contributed by atoms with Crippen molar-refractivity contribution in [3.63, 3.8) is 0 Å². The minimum absolute atomic E-state index is 0.173. The zero-order valence-electron chi connectivity index (χ0n) is 19.5. The highest BCUT2D eigenvalue weighted by atomic mass is 16.3. The van der Waals surface area contributed by atoms with Crippen molar-refractivity contribution in [2.75, 3.05) is 22.9 Å². The van der Waals surface area contributed by atoms with Crippen molar-refractivity contribution in [3.05, 3.63) is 71.3 Å². The van der Waals surface area contributed by atoms with Gasteiger partial charge in [0.05, 0.1) is 23.5 Å². The molecule has 0 saturated carbocycles. The van der Waals surface area contributed by atoms with Crippen LogP contribution in [0.15, 0.2) is 48.9 Å². The van der Waals surface area contributed by atoms with E-state index in [4.69, 9.17) is 0 Å². The number of aromatic nitrogens is 4. The minimum Gasteiger partial charge on any atom is -0.388 e. The van der Waals surface area contributed by atoms with Crippen LogP contribution in [0.1, 0.15) is 43.2 Å². The Morgan fingerprint density at radius 1 is 1.00 bits per heavy atom. The molecular formula is C25H32N6O. The largest absolute Gasteiger partial charge is 0.388 e. The SMILES string of the molecule is Cc1c(Cc2ccccc2)nnc(N2C[C@H](C)N(c3cnccn3)C[C@H]2C(C)(C)O)c1C. The Hall–Kier alpha value is -3.06. The van der Waals surface area contributed by atoms with Crippen molar-refractivity contribution in [2.45, 2.75) is 58.7 Å². The first-order chi connectivity index (χ1) is 15.3. The van der Waals surface area contributed by atoms with Crippen LogP contribution in [0.3, 0.4) is 0 Å². The molecule has 0 radical (unpaired) electrons. The van der Waals surface area contributed by atoms with E-state index in [2.05, 4.69) is 62.9 Å². The van der Waals surface area contributed by atoms with Crippen molar-refractivity contribution in [2.24, 2.45) is 0 Å². The van der Waals surface area contributed by atoms with Gasteiger partial charge in [0.15, 0.2) is 5.82 Å². The van der Waals surface area contributed by atoms with E-state index in [1.165, 1.54) is 5.56 Å². The van der Waals surface area contributed by atoms with Gasteiger partial charge in [0.1, 0.15) is 5.82 Å². The van der Waals surface area contributed by atoms with Crippen LogP contribution in [0, 0.1) is 13.8 Å². The summed E-state index contributed by atoms with van der Waals surface area (Å²) in [5, 5.41) is 20.4. The standard InChI is InChI=1S/C25H32N6O/c1-17-15-31(22(25(4,5)32)16-30(17)23-14-26-11-12-27-23)24-19(3)18(2)21(28-29-24)13-20-9-7-6-8-10-20/h6-12,14,17,22,32H,13,15-16H2,1-5H3/t17-,22-/m0/s1. The number of hydrogen-bond acceptors (Lipinski definition) is 7. The maximum absolute atomic E-state index is 11.1. The highest BCUT2D eigenvalue weighted by Gasteiger charge is 2.41. The summed E-state index contributed by atoms with van der Waals surface area (Å²) < 4.78 is 0. The van der Waals surface area contributed by atoms with Crippen molar-refractivity contribution >= 4 is 11.6 Å². The summed E-state index contributed by atoms with van der Waals surface area (Å²) in [5.41, 5.74) is 3.53. The highest BCUT2D eigenvalue weighted by Crippen LogP contribution is 2.32. The number of hydrogen-bond donors (Lipinski definition) is 1. The van der Waals surface area contributed by atoms with Crippen LogP contribution in [0.25, 0.3) is 0 Å². The topological polar surface area (TPSA) is 78.3 Å². The molecule has 2 aromatic heterocycles. The molecule has 0 aliphatic carbocycles. The molecule has 2 atom stereocenters. The molecule has 7 heteroatoms. The number of anilines is 2. The second-order valence-corrected chi connectivity index (χ2v) is 9.27. The van der Waals surface area contributed by atoms with Crippen molar-refractivity contribution in [3.8, 4) is 0 Å². The summed E-state index contributed by atoms with van der Waals surface area (Å²) >= 11 is 0. The third-order valence-electron chi connectivity index (χ3n) is 6.48. The summed E-state index contributed by atoms with van der Waals surface area (Å²) in [5.74, 6) is 1.67. The molecule has 3 aromatic rings. The van der Waals surface area contributed by atoms with Crippen LogP contribution in [-0.2, 0) is 6.42 Å². The highest BCUT2D eigenvalue weighted by molar-refractivity contribution is 5.54. The van der Waals surface area contributed by atoms with Crippen molar-refractivity contribution < 1.29 is 5.11 Å². The maximum Gasteiger partial charge on any atom is 0.154 e. The Bertz CT molecular complexity index is 1050. The zero-order valence-corrected chi connectivity index (χ0v) is 19.5. The first-order valence-electron chi connectivity index (χ1n) is 11.1. The molecule has 168 valence electrons. The third kappa shape index (κ3) is 4.43. The van der Waals surface area contributed by atoms with E-state index in [1.807, 2.05) is 32.0 Å². The first kappa shape index (κ1) is 22.1. The molecule has 1 aliphatic rings. The molecule has 3 heterocycles. The predicted molar refractivity (Wildman–Crippen MR) is 127 cm³/mol. The zero-order chi connectivity index (χ0) is 22.9. The fraction of sp³-hybridized carbons (Fsp3) is 0.440. The lowest BCUT2D eigenvalue weighted by Gasteiger charge is -2.50. The molecule has 1 aliphatic heterocycles. The van der Waals surface area contributed by atoms with Gasteiger partial charge >= 0.3 is 0 Å². The first-order valence-corrected chi connectivity index (χ1v) is 11.1. The van der Waals surface area contributed by atoms with Crippen LogP contribution in [-0.4, -0.2) is 56.0 Å². The van der Waals surface area contributed by atoms with E-state index in [1.54, 1.807) is 18.6 Å².